The van der Waals surface area contributed by atoms with Crippen molar-refractivity contribution in [2.24, 2.45) is 5.92 Å². The fraction of sp³-hybridized carbons (Fsp3) is 0.500. The zero-order chi connectivity index (χ0) is 20.9. The topological polar surface area (TPSA) is 39.7 Å². The van der Waals surface area contributed by atoms with Crippen LogP contribution in [0.25, 0.3) is 0 Å². The molecule has 5 nitrogen and oxygen atoms in total. The van der Waals surface area contributed by atoms with Crippen LogP contribution in [0.4, 0.5) is 11.5 Å². The zero-order valence-corrected chi connectivity index (χ0v) is 18.9. The SMILES string of the molecule is CCN(CC)C(=O)C1CCCN(CCCN2c3ccccc3Sc3cccnc32)C1. The monoisotopic (exact) mass is 424 g/mol. The van der Waals surface area contributed by atoms with Crippen LogP contribution in [0.2, 0.25) is 0 Å². The molecule has 1 saturated heterocycles. The molecule has 1 fully saturated rings. The molecule has 1 amide bonds. The molecule has 1 aromatic heterocycles. The van der Waals surface area contributed by atoms with Crippen molar-refractivity contribution in [3.63, 3.8) is 0 Å². The first-order chi connectivity index (χ1) is 14.7. The van der Waals surface area contributed by atoms with E-state index < -0.39 is 0 Å². The molecule has 0 saturated carbocycles. The number of hydrogen-bond donors (Lipinski definition) is 0. The number of likely N-dealkylation sites (tertiary alicyclic amines) is 1. The molecule has 1 atom stereocenters. The van der Waals surface area contributed by atoms with Crippen molar-refractivity contribution < 1.29 is 4.79 Å². The van der Waals surface area contributed by atoms with Crippen molar-refractivity contribution in [3.8, 4) is 0 Å². The highest BCUT2D eigenvalue weighted by atomic mass is 32.2. The molecule has 30 heavy (non-hydrogen) atoms. The Labute approximate surface area is 184 Å². The van der Waals surface area contributed by atoms with Crippen LogP contribution in [0.5, 0.6) is 0 Å². The molecular formula is C24H32N4OS. The molecule has 3 heterocycles. The number of para-hydroxylation sites is 1. The van der Waals surface area contributed by atoms with E-state index in [1.54, 1.807) is 11.8 Å². The summed E-state index contributed by atoms with van der Waals surface area (Å²) >= 11 is 1.80. The molecular weight excluding hydrogens is 392 g/mol. The van der Waals surface area contributed by atoms with Gasteiger partial charge in [0.2, 0.25) is 5.91 Å². The van der Waals surface area contributed by atoms with E-state index in [4.69, 9.17) is 0 Å². The first-order valence-electron chi connectivity index (χ1n) is 11.2. The number of benzene rings is 1. The lowest BCUT2D eigenvalue weighted by molar-refractivity contribution is -0.136. The average molecular weight is 425 g/mol. The predicted octanol–water partition coefficient (Wildman–Crippen LogP) is 4.65. The van der Waals surface area contributed by atoms with Crippen molar-refractivity contribution in [2.45, 2.75) is 42.9 Å². The highest BCUT2D eigenvalue weighted by Crippen LogP contribution is 2.46. The smallest absolute Gasteiger partial charge is 0.226 e. The molecule has 2 aliphatic heterocycles. The lowest BCUT2D eigenvalue weighted by Crippen LogP contribution is -2.45. The third-order valence-corrected chi connectivity index (χ3v) is 7.27. The number of amides is 1. The van der Waals surface area contributed by atoms with Crippen LogP contribution in [0.3, 0.4) is 0 Å². The first kappa shape index (κ1) is 21.2. The zero-order valence-electron chi connectivity index (χ0n) is 18.1. The highest BCUT2D eigenvalue weighted by molar-refractivity contribution is 7.99. The van der Waals surface area contributed by atoms with Gasteiger partial charge < -0.3 is 14.7 Å². The normalized spacial score (nSPS) is 18.6. The number of carbonyl (C=O) groups excluding carboxylic acids is 1. The van der Waals surface area contributed by atoms with Crippen LogP contribution in [-0.2, 0) is 4.79 Å². The van der Waals surface area contributed by atoms with Crippen molar-refractivity contribution in [3.05, 3.63) is 42.6 Å². The second kappa shape index (κ2) is 9.84. The molecule has 6 heteroatoms. The molecule has 0 N–H and O–H groups in total. The van der Waals surface area contributed by atoms with Gasteiger partial charge in [0.15, 0.2) is 0 Å². The van der Waals surface area contributed by atoms with Gasteiger partial charge in [-0.05, 0) is 70.5 Å². The minimum absolute atomic E-state index is 0.160. The van der Waals surface area contributed by atoms with Crippen LogP contribution in [-0.4, -0.2) is 60.0 Å². The molecule has 2 aliphatic rings. The number of fused-ring (bicyclic) bond motifs is 2. The van der Waals surface area contributed by atoms with E-state index in [1.807, 2.05) is 17.2 Å². The van der Waals surface area contributed by atoms with Gasteiger partial charge in [0.05, 0.1) is 16.5 Å². The summed E-state index contributed by atoms with van der Waals surface area (Å²) in [5.74, 6) is 1.56. The van der Waals surface area contributed by atoms with E-state index in [-0.39, 0.29) is 5.92 Å². The van der Waals surface area contributed by atoms with E-state index in [2.05, 4.69) is 59.0 Å². The largest absolute Gasteiger partial charge is 0.343 e. The Balaban J connectivity index is 1.38. The van der Waals surface area contributed by atoms with Crippen molar-refractivity contribution >= 4 is 29.2 Å². The van der Waals surface area contributed by atoms with Gasteiger partial charge in [-0.25, -0.2) is 4.98 Å². The number of hydrogen-bond acceptors (Lipinski definition) is 5. The van der Waals surface area contributed by atoms with Crippen LogP contribution in [0.1, 0.15) is 33.1 Å². The molecule has 0 bridgehead atoms. The number of nitrogens with zero attached hydrogens (tertiary/aromatic N) is 4. The molecule has 0 aliphatic carbocycles. The number of aromatic nitrogens is 1. The highest BCUT2D eigenvalue weighted by Gasteiger charge is 2.29. The second-order valence-corrected chi connectivity index (χ2v) is 9.13. The summed E-state index contributed by atoms with van der Waals surface area (Å²) in [5, 5.41) is 0. The summed E-state index contributed by atoms with van der Waals surface area (Å²) in [6.07, 6.45) is 5.08. The van der Waals surface area contributed by atoms with E-state index in [0.29, 0.717) is 5.91 Å². The lowest BCUT2D eigenvalue weighted by atomic mass is 9.96. The third kappa shape index (κ3) is 4.49. The Bertz CT molecular complexity index is 824. The van der Waals surface area contributed by atoms with Gasteiger partial charge in [0, 0.05) is 37.3 Å². The minimum Gasteiger partial charge on any atom is -0.343 e. The van der Waals surface area contributed by atoms with Crippen molar-refractivity contribution in [1.82, 2.24) is 14.8 Å². The maximum absolute atomic E-state index is 12.8. The van der Waals surface area contributed by atoms with Crippen molar-refractivity contribution in [2.75, 3.05) is 44.2 Å². The number of rotatable bonds is 7. The van der Waals surface area contributed by atoms with Gasteiger partial charge >= 0.3 is 0 Å². The van der Waals surface area contributed by atoms with Crippen LogP contribution in [0, 0.1) is 5.92 Å². The number of piperidine rings is 1. The fourth-order valence-electron chi connectivity index (χ4n) is 4.60. The van der Waals surface area contributed by atoms with Crippen molar-refractivity contribution in [1.29, 1.82) is 0 Å². The predicted molar refractivity (Wildman–Crippen MR) is 124 cm³/mol. The minimum atomic E-state index is 0.160. The van der Waals surface area contributed by atoms with Gasteiger partial charge in [0.1, 0.15) is 5.82 Å². The van der Waals surface area contributed by atoms with Gasteiger partial charge in [-0.15, -0.1) is 0 Å². The maximum atomic E-state index is 12.8. The van der Waals surface area contributed by atoms with Gasteiger partial charge in [0.25, 0.3) is 0 Å². The molecule has 0 radical (unpaired) electrons. The lowest BCUT2D eigenvalue weighted by Gasteiger charge is -2.35. The molecule has 2 aromatic rings. The van der Waals surface area contributed by atoms with Crippen LogP contribution < -0.4 is 4.90 Å². The Morgan fingerprint density at radius 1 is 1.13 bits per heavy atom. The van der Waals surface area contributed by atoms with Gasteiger partial charge in [-0.3, -0.25) is 4.79 Å². The molecule has 4 rings (SSSR count). The van der Waals surface area contributed by atoms with E-state index in [1.165, 1.54) is 15.5 Å². The summed E-state index contributed by atoms with van der Waals surface area (Å²) in [4.78, 5) is 26.8. The van der Waals surface area contributed by atoms with Gasteiger partial charge in [-0.1, -0.05) is 23.9 Å². The Morgan fingerprint density at radius 3 is 2.77 bits per heavy atom. The molecule has 160 valence electrons. The van der Waals surface area contributed by atoms with E-state index in [0.717, 1.165) is 64.3 Å². The second-order valence-electron chi connectivity index (χ2n) is 8.05. The molecule has 0 spiro atoms. The molecule has 1 unspecified atom stereocenters. The first-order valence-corrected chi connectivity index (χ1v) is 12.0. The number of carbonyl (C=O) groups is 1. The standard InChI is InChI=1S/C24H32N4OS/c1-3-27(4-2)24(29)19-10-8-15-26(18-19)16-9-17-28-20-11-5-6-12-21(20)30-22-13-7-14-25-23(22)28/h5-7,11-14,19H,3-4,8-10,15-18H2,1-2H3. The summed E-state index contributed by atoms with van der Waals surface area (Å²) in [6.45, 7) is 9.73. The number of anilines is 2. The Kier molecular flexibility index (Phi) is 6.95. The average Bonchev–Trinajstić information content (AvgIpc) is 2.79. The molecule has 1 aromatic carbocycles. The number of pyridine rings is 1. The Hall–Kier alpha value is -2.05. The van der Waals surface area contributed by atoms with E-state index >= 15 is 0 Å². The Morgan fingerprint density at radius 2 is 1.93 bits per heavy atom. The summed E-state index contributed by atoms with van der Waals surface area (Å²) in [5.41, 5.74) is 1.25. The maximum Gasteiger partial charge on any atom is 0.226 e. The summed E-state index contributed by atoms with van der Waals surface area (Å²) in [7, 11) is 0. The van der Waals surface area contributed by atoms with Crippen LogP contribution in [0.15, 0.2) is 52.4 Å². The summed E-state index contributed by atoms with van der Waals surface area (Å²) < 4.78 is 0. The summed E-state index contributed by atoms with van der Waals surface area (Å²) in [6, 6.07) is 12.8. The van der Waals surface area contributed by atoms with E-state index in [9.17, 15) is 4.79 Å². The quantitative estimate of drug-likeness (QED) is 0.647. The van der Waals surface area contributed by atoms with Gasteiger partial charge in [-0.2, -0.15) is 0 Å². The van der Waals surface area contributed by atoms with Crippen LogP contribution >= 0.6 is 11.8 Å². The fourth-order valence-corrected chi connectivity index (χ4v) is 5.66. The third-order valence-electron chi connectivity index (χ3n) is 6.17.